The third-order valence-electron chi connectivity index (χ3n) is 6.66. The largest absolute Gasteiger partial charge is 0.309 e. The van der Waals surface area contributed by atoms with Crippen molar-refractivity contribution in [3.05, 3.63) is 29.3 Å². The summed E-state index contributed by atoms with van der Waals surface area (Å²) < 4.78 is 0. The molecule has 0 spiro atoms. The van der Waals surface area contributed by atoms with Gasteiger partial charge in [-0.25, -0.2) is 0 Å². The average molecular weight is 434 g/mol. The van der Waals surface area contributed by atoms with Gasteiger partial charge in [-0.2, -0.15) is 0 Å². The fourth-order valence-electron chi connectivity index (χ4n) is 4.93. The van der Waals surface area contributed by atoms with Gasteiger partial charge in [0, 0.05) is 22.5 Å². The number of carbonyl (C=O) groups excluding carboxylic acids is 1. The normalized spacial score (nSPS) is 26.1. The van der Waals surface area contributed by atoms with Gasteiger partial charge < -0.3 is 4.90 Å². The Labute approximate surface area is 174 Å². The number of carbonyl (C=O) groups is 1. The van der Waals surface area contributed by atoms with E-state index < -0.39 is 0 Å². The number of alkyl halides is 1. The molecule has 1 aliphatic heterocycles. The number of halogens is 1. The first-order valence-electron chi connectivity index (χ1n) is 11.1. The molecule has 0 aromatic heterocycles. The molecule has 1 heterocycles. The lowest BCUT2D eigenvalue weighted by Gasteiger charge is -2.32. The van der Waals surface area contributed by atoms with E-state index in [2.05, 4.69) is 59.8 Å². The van der Waals surface area contributed by atoms with Crippen LogP contribution in [0.5, 0.6) is 0 Å². The van der Waals surface area contributed by atoms with E-state index in [-0.39, 0.29) is 5.92 Å². The number of unbranched alkanes of at least 4 members (excludes halogenated alkanes) is 1. The summed E-state index contributed by atoms with van der Waals surface area (Å²) in [6.45, 7) is 6.70. The van der Waals surface area contributed by atoms with Crippen molar-refractivity contribution < 1.29 is 4.79 Å². The number of hydrogen-bond donors (Lipinski definition) is 0. The molecule has 2 unspecified atom stereocenters. The van der Waals surface area contributed by atoms with Gasteiger partial charge in [-0.15, -0.1) is 0 Å². The molecule has 27 heavy (non-hydrogen) atoms. The predicted octanol–water partition coefficient (Wildman–Crippen LogP) is 6.68. The fraction of sp³-hybridized carbons (Fsp3) is 0.708. The topological polar surface area (TPSA) is 20.3 Å². The molecule has 2 aliphatic rings. The highest BCUT2D eigenvalue weighted by atomic mass is 79.9. The van der Waals surface area contributed by atoms with E-state index in [1.807, 2.05) is 0 Å². The van der Waals surface area contributed by atoms with Gasteiger partial charge >= 0.3 is 0 Å². The third-order valence-corrected chi connectivity index (χ3v) is 7.63. The Bertz CT molecular complexity index is 635. The van der Waals surface area contributed by atoms with Crippen LogP contribution in [0.1, 0.15) is 83.3 Å². The molecule has 3 rings (SSSR count). The van der Waals surface area contributed by atoms with Crippen molar-refractivity contribution in [1.29, 1.82) is 0 Å². The summed E-state index contributed by atoms with van der Waals surface area (Å²) in [7, 11) is 0. The molecular formula is C24H36BrNO. The first kappa shape index (κ1) is 20.9. The minimum Gasteiger partial charge on any atom is -0.309 e. The van der Waals surface area contributed by atoms with E-state index in [0.717, 1.165) is 38.0 Å². The molecule has 2 nitrogen and oxygen atoms in total. The number of hydrogen-bond acceptors (Lipinski definition) is 1. The van der Waals surface area contributed by atoms with E-state index in [1.54, 1.807) is 0 Å². The highest BCUT2D eigenvalue weighted by molar-refractivity contribution is 9.09. The molecule has 2 atom stereocenters. The number of fused-ring (bicyclic) bond motifs is 1. The van der Waals surface area contributed by atoms with E-state index in [4.69, 9.17) is 0 Å². The first-order valence-corrected chi connectivity index (χ1v) is 12.0. The molecule has 0 radical (unpaired) electrons. The Balaban J connectivity index is 1.65. The van der Waals surface area contributed by atoms with Crippen molar-refractivity contribution in [2.45, 2.75) is 95.8 Å². The molecule has 150 valence electrons. The van der Waals surface area contributed by atoms with Gasteiger partial charge in [0.2, 0.25) is 5.91 Å². The van der Waals surface area contributed by atoms with Crippen LogP contribution in [0.15, 0.2) is 18.2 Å². The number of nitrogens with zero attached hydrogens (tertiary/aromatic N) is 1. The summed E-state index contributed by atoms with van der Waals surface area (Å²) in [6, 6.07) is 7.06. The van der Waals surface area contributed by atoms with Crippen molar-refractivity contribution in [2.24, 2.45) is 11.8 Å². The van der Waals surface area contributed by atoms with Crippen LogP contribution in [-0.2, 0) is 17.6 Å². The zero-order valence-electron chi connectivity index (χ0n) is 17.3. The van der Waals surface area contributed by atoms with Crippen LogP contribution in [-0.4, -0.2) is 16.8 Å². The molecule has 0 saturated heterocycles. The minimum atomic E-state index is 0.239. The quantitative estimate of drug-likeness (QED) is 0.439. The molecule has 1 amide bonds. The molecule has 1 aromatic rings. The smallest absolute Gasteiger partial charge is 0.230 e. The third kappa shape index (κ3) is 4.96. The Morgan fingerprint density at radius 3 is 2.63 bits per heavy atom. The maximum atomic E-state index is 13.3. The molecular weight excluding hydrogens is 398 g/mol. The Kier molecular flexibility index (Phi) is 7.42. The zero-order chi connectivity index (χ0) is 19.4. The SMILES string of the molecule is CCCCC1CCC(C(=O)N2c3ccc(CC(Br)CC)cc3CC2C)CC1. The Morgan fingerprint density at radius 2 is 1.96 bits per heavy atom. The highest BCUT2D eigenvalue weighted by Crippen LogP contribution is 2.38. The van der Waals surface area contributed by atoms with E-state index in [9.17, 15) is 4.79 Å². The number of anilines is 1. The average Bonchev–Trinajstić information content (AvgIpc) is 3.01. The standard InChI is InChI=1S/C24H36BrNO/c1-4-6-7-18-8-11-20(12-9-18)24(27)26-17(3)14-21-15-19(10-13-23(21)26)16-22(25)5-2/h10,13,15,17-18,20,22H,4-9,11-12,14,16H2,1-3H3. The lowest BCUT2D eigenvalue weighted by molar-refractivity contribution is -0.123. The van der Waals surface area contributed by atoms with Crippen LogP contribution in [0, 0.1) is 11.8 Å². The summed E-state index contributed by atoms with van der Waals surface area (Å²) in [5, 5.41) is 0. The van der Waals surface area contributed by atoms with Gasteiger partial charge in [-0.05, 0) is 75.0 Å². The molecule has 0 N–H and O–H groups in total. The van der Waals surface area contributed by atoms with E-state index >= 15 is 0 Å². The van der Waals surface area contributed by atoms with Gasteiger partial charge in [0.05, 0.1) is 0 Å². The number of amides is 1. The van der Waals surface area contributed by atoms with Crippen LogP contribution in [0.4, 0.5) is 5.69 Å². The maximum Gasteiger partial charge on any atom is 0.230 e. The number of rotatable bonds is 7. The van der Waals surface area contributed by atoms with Crippen LogP contribution in [0.25, 0.3) is 0 Å². The summed E-state index contributed by atoms with van der Waals surface area (Å²) in [6.07, 6.45) is 11.9. The fourth-order valence-corrected chi connectivity index (χ4v) is 5.31. The van der Waals surface area contributed by atoms with Crippen LogP contribution >= 0.6 is 15.9 Å². The monoisotopic (exact) mass is 433 g/mol. The second kappa shape index (κ2) is 9.58. The second-order valence-electron chi connectivity index (χ2n) is 8.79. The number of benzene rings is 1. The van der Waals surface area contributed by atoms with Crippen molar-refractivity contribution >= 4 is 27.5 Å². The van der Waals surface area contributed by atoms with E-state index in [0.29, 0.717) is 16.8 Å². The molecule has 1 aliphatic carbocycles. The van der Waals surface area contributed by atoms with Crippen LogP contribution in [0.3, 0.4) is 0 Å². The molecule has 3 heteroatoms. The minimum absolute atomic E-state index is 0.239. The molecule has 0 bridgehead atoms. The Morgan fingerprint density at radius 1 is 1.22 bits per heavy atom. The van der Waals surface area contributed by atoms with Gasteiger partial charge in [-0.3, -0.25) is 4.79 Å². The predicted molar refractivity (Wildman–Crippen MR) is 119 cm³/mol. The highest BCUT2D eigenvalue weighted by Gasteiger charge is 2.36. The maximum absolute atomic E-state index is 13.3. The van der Waals surface area contributed by atoms with Crippen molar-refractivity contribution in [2.75, 3.05) is 4.90 Å². The van der Waals surface area contributed by atoms with Gasteiger partial charge in [0.15, 0.2) is 0 Å². The van der Waals surface area contributed by atoms with Gasteiger partial charge in [0.25, 0.3) is 0 Å². The Hall–Kier alpha value is -0.830. The lowest BCUT2D eigenvalue weighted by Crippen LogP contribution is -2.41. The van der Waals surface area contributed by atoms with Crippen LogP contribution in [0.2, 0.25) is 0 Å². The molecule has 1 aromatic carbocycles. The zero-order valence-corrected chi connectivity index (χ0v) is 18.9. The lowest BCUT2D eigenvalue weighted by atomic mass is 9.79. The van der Waals surface area contributed by atoms with Gasteiger partial charge in [0.1, 0.15) is 0 Å². The summed E-state index contributed by atoms with van der Waals surface area (Å²) in [5.74, 6) is 1.48. The summed E-state index contributed by atoms with van der Waals surface area (Å²) in [4.78, 5) is 16.0. The van der Waals surface area contributed by atoms with Gasteiger partial charge in [-0.1, -0.05) is 61.2 Å². The molecule has 1 saturated carbocycles. The van der Waals surface area contributed by atoms with Crippen molar-refractivity contribution in [1.82, 2.24) is 0 Å². The van der Waals surface area contributed by atoms with Crippen molar-refractivity contribution in [3.8, 4) is 0 Å². The van der Waals surface area contributed by atoms with Crippen LogP contribution < -0.4 is 4.90 Å². The second-order valence-corrected chi connectivity index (χ2v) is 10.1. The van der Waals surface area contributed by atoms with Crippen molar-refractivity contribution in [3.63, 3.8) is 0 Å². The van der Waals surface area contributed by atoms with E-state index in [1.165, 1.54) is 48.9 Å². The summed E-state index contributed by atoms with van der Waals surface area (Å²) in [5.41, 5.74) is 3.92. The summed E-state index contributed by atoms with van der Waals surface area (Å²) >= 11 is 3.75. The first-order chi connectivity index (χ1) is 13.0. The molecule has 1 fully saturated rings.